The molecule has 5 nitrogen and oxygen atoms in total. The number of hydrogen-bond donors (Lipinski definition) is 1. The molecule has 2 rings (SSSR count). The number of rotatable bonds is 3. The van der Waals surface area contributed by atoms with Gasteiger partial charge in [-0.1, -0.05) is 12.1 Å². The van der Waals surface area contributed by atoms with E-state index in [-0.39, 0.29) is 5.56 Å². The molecule has 0 aliphatic carbocycles. The molecule has 0 bridgehead atoms. The van der Waals surface area contributed by atoms with Gasteiger partial charge in [0.15, 0.2) is 6.29 Å². The number of carbonyl (C=O) groups is 2. The van der Waals surface area contributed by atoms with Crippen LogP contribution in [0.3, 0.4) is 0 Å². The molecule has 0 amide bonds. The zero-order valence-corrected chi connectivity index (χ0v) is 9.12. The SMILES string of the molecule is Cc1cn(-c2ccccc2C(=O)O)nc1C=O. The highest BCUT2D eigenvalue weighted by Gasteiger charge is 2.13. The Bertz CT molecular complexity index is 587. The minimum Gasteiger partial charge on any atom is -0.478 e. The number of aromatic carboxylic acids is 1. The van der Waals surface area contributed by atoms with E-state index in [1.54, 1.807) is 31.3 Å². The first-order chi connectivity index (χ1) is 8.13. The Balaban J connectivity index is 2.59. The molecular formula is C12H10N2O3. The first-order valence-corrected chi connectivity index (χ1v) is 4.97. The monoisotopic (exact) mass is 230 g/mol. The lowest BCUT2D eigenvalue weighted by Crippen LogP contribution is -2.05. The minimum absolute atomic E-state index is 0.146. The van der Waals surface area contributed by atoms with Crippen LogP contribution < -0.4 is 0 Å². The van der Waals surface area contributed by atoms with E-state index >= 15 is 0 Å². The molecule has 0 unspecified atom stereocenters. The van der Waals surface area contributed by atoms with Gasteiger partial charge in [-0.25, -0.2) is 9.48 Å². The fourth-order valence-electron chi connectivity index (χ4n) is 1.57. The van der Waals surface area contributed by atoms with Gasteiger partial charge in [0.1, 0.15) is 5.69 Å². The van der Waals surface area contributed by atoms with Gasteiger partial charge in [0.25, 0.3) is 0 Å². The van der Waals surface area contributed by atoms with Gasteiger partial charge in [-0.3, -0.25) is 4.79 Å². The Kier molecular flexibility index (Phi) is 2.74. The number of aryl methyl sites for hydroxylation is 1. The second-order valence-corrected chi connectivity index (χ2v) is 3.58. The van der Waals surface area contributed by atoms with Gasteiger partial charge >= 0.3 is 5.97 Å². The summed E-state index contributed by atoms with van der Waals surface area (Å²) in [5, 5.41) is 13.1. The van der Waals surface area contributed by atoms with Crippen molar-refractivity contribution in [2.75, 3.05) is 0 Å². The fraction of sp³-hybridized carbons (Fsp3) is 0.0833. The lowest BCUT2D eigenvalue weighted by molar-refractivity contribution is 0.0696. The molecule has 0 saturated heterocycles. The maximum Gasteiger partial charge on any atom is 0.337 e. The third kappa shape index (κ3) is 1.94. The summed E-state index contributed by atoms with van der Waals surface area (Å²) in [7, 11) is 0. The van der Waals surface area contributed by atoms with Crippen LogP contribution in [-0.2, 0) is 0 Å². The number of aromatic nitrogens is 2. The van der Waals surface area contributed by atoms with Crippen LogP contribution in [0.4, 0.5) is 0 Å². The Hall–Kier alpha value is -2.43. The van der Waals surface area contributed by atoms with Gasteiger partial charge in [-0.05, 0) is 24.6 Å². The van der Waals surface area contributed by atoms with Crippen molar-refractivity contribution in [1.82, 2.24) is 9.78 Å². The van der Waals surface area contributed by atoms with Crippen molar-refractivity contribution >= 4 is 12.3 Å². The summed E-state index contributed by atoms with van der Waals surface area (Å²) in [4.78, 5) is 21.7. The van der Waals surface area contributed by atoms with E-state index in [0.29, 0.717) is 23.2 Å². The molecule has 0 radical (unpaired) electrons. The van der Waals surface area contributed by atoms with E-state index in [9.17, 15) is 9.59 Å². The van der Waals surface area contributed by atoms with Gasteiger partial charge in [0.2, 0.25) is 0 Å². The molecule has 0 spiro atoms. The number of nitrogens with zero attached hydrogens (tertiary/aromatic N) is 2. The quantitative estimate of drug-likeness (QED) is 0.814. The molecule has 1 heterocycles. The molecule has 0 atom stereocenters. The Morgan fingerprint density at radius 3 is 2.71 bits per heavy atom. The molecule has 1 aromatic carbocycles. The summed E-state index contributed by atoms with van der Waals surface area (Å²) in [5.41, 5.74) is 1.61. The summed E-state index contributed by atoms with van der Waals surface area (Å²) in [6.45, 7) is 1.75. The van der Waals surface area contributed by atoms with Gasteiger partial charge < -0.3 is 5.11 Å². The molecule has 0 saturated carbocycles. The average molecular weight is 230 g/mol. The number of hydrogen-bond acceptors (Lipinski definition) is 3. The second kappa shape index (κ2) is 4.21. The topological polar surface area (TPSA) is 72.2 Å². The van der Waals surface area contributed by atoms with Gasteiger partial charge in [0.05, 0.1) is 11.3 Å². The molecule has 86 valence electrons. The van der Waals surface area contributed by atoms with Crippen LogP contribution in [0.15, 0.2) is 30.5 Å². The van der Waals surface area contributed by atoms with Crippen molar-refractivity contribution in [3.63, 3.8) is 0 Å². The molecule has 0 fully saturated rings. The Labute approximate surface area is 97.3 Å². The van der Waals surface area contributed by atoms with E-state index in [1.165, 1.54) is 10.7 Å². The van der Waals surface area contributed by atoms with Crippen LogP contribution >= 0.6 is 0 Å². The second-order valence-electron chi connectivity index (χ2n) is 3.58. The summed E-state index contributed by atoms with van der Waals surface area (Å²) >= 11 is 0. The largest absolute Gasteiger partial charge is 0.478 e. The molecule has 17 heavy (non-hydrogen) atoms. The number of carboxylic acid groups (broad SMARTS) is 1. The first-order valence-electron chi connectivity index (χ1n) is 4.97. The molecule has 0 aliphatic rings. The summed E-state index contributed by atoms with van der Waals surface area (Å²) in [5.74, 6) is -1.03. The van der Waals surface area contributed by atoms with Gasteiger partial charge in [-0.2, -0.15) is 5.10 Å². The van der Waals surface area contributed by atoms with E-state index in [4.69, 9.17) is 5.11 Å². The maximum absolute atomic E-state index is 11.0. The van der Waals surface area contributed by atoms with E-state index in [0.717, 1.165) is 0 Å². The molecule has 1 N–H and O–H groups in total. The number of carboxylic acids is 1. The fourth-order valence-corrected chi connectivity index (χ4v) is 1.57. The van der Waals surface area contributed by atoms with E-state index < -0.39 is 5.97 Å². The van der Waals surface area contributed by atoms with Crippen LogP contribution in [-0.4, -0.2) is 27.1 Å². The van der Waals surface area contributed by atoms with Crippen molar-refractivity contribution in [2.45, 2.75) is 6.92 Å². The van der Waals surface area contributed by atoms with E-state index in [2.05, 4.69) is 5.10 Å². The van der Waals surface area contributed by atoms with Crippen LogP contribution in [0.5, 0.6) is 0 Å². The smallest absolute Gasteiger partial charge is 0.337 e. The zero-order chi connectivity index (χ0) is 12.4. The van der Waals surface area contributed by atoms with Crippen molar-refractivity contribution in [2.24, 2.45) is 0 Å². The molecule has 5 heteroatoms. The highest BCUT2D eigenvalue weighted by atomic mass is 16.4. The molecule has 1 aromatic heterocycles. The normalized spacial score (nSPS) is 10.2. The third-order valence-corrected chi connectivity index (χ3v) is 2.43. The predicted octanol–water partition coefficient (Wildman–Crippen LogP) is 1.69. The predicted molar refractivity (Wildman–Crippen MR) is 60.6 cm³/mol. The van der Waals surface area contributed by atoms with Crippen LogP contribution in [0.25, 0.3) is 5.69 Å². The Morgan fingerprint density at radius 2 is 2.12 bits per heavy atom. The first kappa shape index (κ1) is 11.1. The zero-order valence-electron chi connectivity index (χ0n) is 9.12. The highest BCUT2D eigenvalue weighted by molar-refractivity contribution is 5.91. The van der Waals surface area contributed by atoms with Crippen LogP contribution in [0.2, 0.25) is 0 Å². The van der Waals surface area contributed by atoms with Crippen molar-refractivity contribution in [3.8, 4) is 5.69 Å². The lowest BCUT2D eigenvalue weighted by atomic mass is 10.2. The summed E-state index contributed by atoms with van der Waals surface area (Å²) in [6, 6.07) is 6.50. The number of carbonyl (C=O) groups excluding carboxylic acids is 1. The molecule has 2 aromatic rings. The molecular weight excluding hydrogens is 220 g/mol. The van der Waals surface area contributed by atoms with Crippen molar-refractivity contribution < 1.29 is 14.7 Å². The minimum atomic E-state index is -1.03. The van der Waals surface area contributed by atoms with Gasteiger partial charge in [-0.15, -0.1) is 0 Å². The van der Waals surface area contributed by atoms with Crippen molar-refractivity contribution in [3.05, 3.63) is 47.3 Å². The lowest BCUT2D eigenvalue weighted by Gasteiger charge is -2.04. The van der Waals surface area contributed by atoms with Crippen LogP contribution in [0.1, 0.15) is 26.4 Å². The van der Waals surface area contributed by atoms with Crippen molar-refractivity contribution in [1.29, 1.82) is 0 Å². The molecule has 0 aliphatic heterocycles. The summed E-state index contributed by atoms with van der Waals surface area (Å²) < 4.78 is 1.41. The average Bonchev–Trinajstić information content (AvgIpc) is 2.70. The van der Waals surface area contributed by atoms with E-state index in [1.807, 2.05) is 0 Å². The maximum atomic E-state index is 11.0. The number of aldehydes is 1. The van der Waals surface area contributed by atoms with Crippen LogP contribution in [0, 0.1) is 6.92 Å². The third-order valence-electron chi connectivity index (χ3n) is 2.43. The standard InChI is InChI=1S/C12H10N2O3/c1-8-6-14(13-10(8)7-15)11-5-3-2-4-9(11)12(16)17/h2-7H,1H3,(H,16,17). The van der Waals surface area contributed by atoms with Gasteiger partial charge in [0, 0.05) is 6.20 Å². The summed E-state index contributed by atoms with van der Waals surface area (Å²) in [6.07, 6.45) is 2.28. The number of benzene rings is 1. The number of para-hydroxylation sites is 1. The highest BCUT2D eigenvalue weighted by Crippen LogP contribution is 2.15. The Morgan fingerprint density at radius 1 is 1.41 bits per heavy atom.